The zero-order valence-corrected chi connectivity index (χ0v) is 19.3. The third-order valence-corrected chi connectivity index (χ3v) is 5.23. The normalized spacial score (nSPS) is 11.6. The number of anilines is 1. The van der Waals surface area contributed by atoms with E-state index in [1.165, 1.54) is 17.4 Å². The Bertz CT molecular complexity index is 1160. The monoisotopic (exact) mass is 459 g/mol. The van der Waals surface area contributed by atoms with Crippen LogP contribution in [0, 0.1) is 0 Å². The number of methoxy groups -OCH3 is 1. The molecule has 1 aromatic heterocycles. The van der Waals surface area contributed by atoms with Gasteiger partial charge in [0.15, 0.2) is 5.13 Å². The number of allylic oxidation sites excluding steroid dienone is 1. The quantitative estimate of drug-likeness (QED) is 0.229. The fourth-order valence-corrected chi connectivity index (χ4v) is 3.57. The van der Waals surface area contributed by atoms with Crippen LogP contribution in [0.4, 0.5) is 5.13 Å². The summed E-state index contributed by atoms with van der Waals surface area (Å²) in [5, 5.41) is 5.24. The summed E-state index contributed by atoms with van der Waals surface area (Å²) in [6, 6.07) is 15.1. The average molecular weight is 460 g/mol. The number of aliphatic imine (C=N–C) groups is 1. The summed E-state index contributed by atoms with van der Waals surface area (Å²) >= 11 is 1.38. The summed E-state index contributed by atoms with van der Waals surface area (Å²) in [4.78, 5) is 20.5. The van der Waals surface area contributed by atoms with Crippen molar-refractivity contribution in [3.05, 3.63) is 89.5 Å². The van der Waals surface area contributed by atoms with Crippen molar-refractivity contribution in [1.82, 2.24) is 4.98 Å². The molecule has 0 radical (unpaired) electrons. The third kappa shape index (κ3) is 7.29. The molecule has 33 heavy (non-hydrogen) atoms. The molecule has 1 amide bonds. The second kappa shape index (κ2) is 12.2. The third-order valence-electron chi connectivity index (χ3n) is 4.47. The summed E-state index contributed by atoms with van der Waals surface area (Å²) in [5.41, 5.74) is 3.56. The van der Waals surface area contributed by atoms with Crippen molar-refractivity contribution >= 4 is 35.2 Å². The van der Waals surface area contributed by atoms with E-state index in [1.807, 2.05) is 73.0 Å². The highest BCUT2D eigenvalue weighted by Crippen LogP contribution is 2.26. The van der Waals surface area contributed by atoms with E-state index in [-0.39, 0.29) is 5.91 Å². The molecule has 0 aliphatic carbocycles. The van der Waals surface area contributed by atoms with Crippen molar-refractivity contribution in [1.29, 1.82) is 0 Å². The Kier molecular flexibility index (Phi) is 8.73. The molecule has 0 spiro atoms. The summed E-state index contributed by atoms with van der Waals surface area (Å²) in [6.45, 7) is 5.80. The van der Waals surface area contributed by atoms with Crippen LogP contribution in [0.3, 0.4) is 0 Å². The van der Waals surface area contributed by atoms with Gasteiger partial charge in [-0.25, -0.2) is 4.98 Å². The van der Waals surface area contributed by atoms with Crippen molar-refractivity contribution in [2.45, 2.75) is 6.92 Å². The first-order chi connectivity index (χ1) is 16.1. The number of ether oxygens (including phenoxy) is 2. The van der Waals surface area contributed by atoms with Gasteiger partial charge < -0.3 is 9.47 Å². The summed E-state index contributed by atoms with van der Waals surface area (Å²) < 4.78 is 10.9. The standard InChI is InChI=1S/C26H25N3O3S/c1-4-5-20(16-27-2)17-32-23-11-6-19(7-12-23)8-15-25(30)29-26-28-24(18-33-26)21-9-13-22(31-3)14-10-21/h4-16,18H,2,17H2,1,3H3,(H,28,29,30)/b5-4-,15-8+,20-16+. The fourth-order valence-electron chi connectivity index (χ4n) is 2.85. The lowest BCUT2D eigenvalue weighted by atomic mass is 10.2. The highest BCUT2D eigenvalue weighted by molar-refractivity contribution is 7.14. The smallest absolute Gasteiger partial charge is 0.250 e. The predicted molar refractivity (Wildman–Crippen MR) is 136 cm³/mol. The topological polar surface area (TPSA) is 72.8 Å². The van der Waals surface area contributed by atoms with Crippen LogP contribution in [0.1, 0.15) is 12.5 Å². The fraction of sp³-hybridized carbons (Fsp3) is 0.115. The van der Waals surface area contributed by atoms with E-state index >= 15 is 0 Å². The van der Waals surface area contributed by atoms with Crippen molar-refractivity contribution in [2.75, 3.05) is 19.0 Å². The molecule has 0 unspecified atom stereocenters. The molecule has 1 N–H and O–H groups in total. The summed E-state index contributed by atoms with van der Waals surface area (Å²) in [5.74, 6) is 1.27. The molecule has 3 aromatic rings. The van der Waals surface area contributed by atoms with Gasteiger partial charge in [-0.1, -0.05) is 24.3 Å². The number of aromatic nitrogens is 1. The number of carbonyl (C=O) groups is 1. The number of nitrogens with zero attached hydrogens (tertiary/aromatic N) is 2. The Morgan fingerprint density at radius 2 is 1.85 bits per heavy atom. The van der Waals surface area contributed by atoms with Crippen LogP contribution >= 0.6 is 11.3 Å². The Morgan fingerprint density at radius 3 is 2.52 bits per heavy atom. The minimum absolute atomic E-state index is 0.246. The van der Waals surface area contributed by atoms with E-state index in [1.54, 1.807) is 19.4 Å². The van der Waals surface area contributed by atoms with Crippen LogP contribution in [0.5, 0.6) is 11.5 Å². The SMILES string of the molecule is C=N/C=C(\C=C/C)COc1ccc(/C=C/C(=O)Nc2nc(-c3ccc(OC)cc3)cs2)cc1. The first-order valence-corrected chi connectivity index (χ1v) is 11.1. The maximum Gasteiger partial charge on any atom is 0.250 e. The Hall–Kier alpha value is -3.97. The number of thiazole rings is 1. The minimum Gasteiger partial charge on any atom is -0.497 e. The van der Waals surface area contributed by atoms with Crippen LogP contribution in [-0.4, -0.2) is 31.3 Å². The van der Waals surface area contributed by atoms with Crippen molar-refractivity contribution in [2.24, 2.45) is 4.99 Å². The molecule has 0 aliphatic heterocycles. The maximum absolute atomic E-state index is 12.3. The van der Waals surface area contributed by atoms with E-state index in [2.05, 4.69) is 22.0 Å². The molecule has 6 nitrogen and oxygen atoms in total. The molecular weight excluding hydrogens is 434 g/mol. The highest BCUT2D eigenvalue weighted by atomic mass is 32.1. The first-order valence-electron chi connectivity index (χ1n) is 10.2. The van der Waals surface area contributed by atoms with Crippen LogP contribution in [0.15, 0.2) is 88.9 Å². The lowest BCUT2D eigenvalue weighted by Crippen LogP contribution is -2.07. The number of nitrogens with one attached hydrogen (secondary N) is 1. The van der Waals surface area contributed by atoms with Gasteiger partial charge in [-0.2, -0.15) is 0 Å². The Morgan fingerprint density at radius 1 is 1.12 bits per heavy atom. The van der Waals surface area contributed by atoms with Gasteiger partial charge in [-0.05, 0) is 61.7 Å². The van der Waals surface area contributed by atoms with Gasteiger partial charge in [-0.15, -0.1) is 11.3 Å². The maximum atomic E-state index is 12.3. The van der Waals surface area contributed by atoms with Gasteiger partial charge in [0.1, 0.15) is 18.1 Å². The zero-order valence-electron chi connectivity index (χ0n) is 18.5. The number of hydrogen-bond acceptors (Lipinski definition) is 6. The zero-order chi connectivity index (χ0) is 23.5. The van der Waals surface area contributed by atoms with E-state index < -0.39 is 0 Å². The van der Waals surface area contributed by atoms with E-state index in [0.717, 1.165) is 33.9 Å². The minimum atomic E-state index is -0.246. The number of carbonyl (C=O) groups excluding carboxylic acids is 1. The molecular formula is C26H25N3O3S. The van der Waals surface area contributed by atoms with E-state index in [9.17, 15) is 4.79 Å². The van der Waals surface area contributed by atoms with Gasteiger partial charge in [-0.3, -0.25) is 15.1 Å². The van der Waals surface area contributed by atoms with E-state index in [4.69, 9.17) is 9.47 Å². The molecule has 0 fully saturated rings. The van der Waals surface area contributed by atoms with Crippen LogP contribution in [0.2, 0.25) is 0 Å². The molecule has 168 valence electrons. The Labute approximate surface area is 197 Å². The number of rotatable bonds is 10. The van der Waals surface area contributed by atoms with Gasteiger partial charge in [0, 0.05) is 28.8 Å². The number of hydrogen-bond donors (Lipinski definition) is 1. The van der Waals surface area contributed by atoms with Crippen LogP contribution in [0.25, 0.3) is 17.3 Å². The Balaban J connectivity index is 1.53. The number of amides is 1. The van der Waals surface area contributed by atoms with Crippen molar-refractivity contribution in [3.63, 3.8) is 0 Å². The van der Waals surface area contributed by atoms with Crippen molar-refractivity contribution in [3.8, 4) is 22.8 Å². The lowest BCUT2D eigenvalue weighted by Gasteiger charge is -2.06. The molecule has 0 atom stereocenters. The van der Waals surface area contributed by atoms with Crippen molar-refractivity contribution < 1.29 is 14.3 Å². The van der Waals surface area contributed by atoms with Gasteiger partial charge in [0.05, 0.1) is 12.8 Å². The predicted octanol–water partition coefficient (Wildman–Crippen LogP) is 6.01. The second-order valence-corrected chi connectivity index (χ2v) is 7.69. The summed E-state index contributed by atoms with van der Waals surface area (Å²) in [6.07, 6.45) is 8.73. The first kappa shape index (κ1) is 23.7. The van der Waals surface area contributed by atoms with Crippen LogP contribution in [-0.2, 0) is 4.79 Å². The average Bonchev–Trinajstić information content (AvgIpc) is 3.30. The molecule has 0 saturated carbocycles. The number of benzene rings is 2. The van der Waals surface area contributed by atoms with Gasteiger partial charge >= 0.3 is 0 Å². The van der Waals surface area contributed by atoms with Crippen LogP contribution < -0.4 is 14.8 Å². The van der Waals surface area contributed by atoms with E-state index in [0.29, 0.717) is 11.7 Å². The molecule has 7 heteroatoms. The highest BCUT2D eigenvalue weighted by Gasteiger charge is 2.07. The lowest BCUT2D eigenvalue weighted by molar-refractivity contribution is -0.111. The second-order valence-electron chi connectivity index (χ2n) is 6.83. The van der Waals surface area contributed by atoms with Gasteiger partial charge in [0.2, 0.25) is 5.91 Å². The molecule has 0 bridgehead atoms. The largest absolute Gasteiger partial charge is 0.497 e. The summed E-state index contributed by atoms with van der Waals surface area (Å²) in [7, 11) is 1.63. The molecule has 2 aromatic carbocycles. The molecule has 0 aliphatic rings. The molecule has 0 saturated heterocycles. The molecule has 3 rings (SSSR count). The molecule has 1 heterocycles. The van der Waals surface area contributed by atoms with Gasteiger partial charge in [0.25, 0.3) is 0 Å².